The molecule has 28 heavy (non-hydrogen) atoms. The van der Waals surface area contributed by atoms with Crippen molar-refractivity contribution in [3.8, 4) is 17.2 Å². The van der Waals surface area contributed by atoms with Crippen molar-refractivity contribution in [2.75, 3.05) is 7.11 Å². The first-order valence-electron chi connectivity index (χ1n) is 8.13. The van der Waals surface area contributed by atoms with E-state index < -0.39 is 11.9 Å². The molecule has 0 atom stereocenters. The zero-order valence-corrected chi connectivity index (χ0v) is 14.8. The average molecular weight is 380 g/mol. The van der Waals surface area contributed by atoms with Crippen LogP contribution in [0.3, 0.4) is 0 Å². The second-order valence-electron chi connectivity index (χ2n) is 5.49. The Morgan fingerprint density at radius 1 is 1.11 bits per heavy atom. The number of aromatic hydroxyl groups is 1. The van der Waals surface area contributed by atoms with Crippen LogP contribution in [0.4, 0.5) is 0 Å². The molecule has 1 amide bonds. The van der Waals surface area contributed by atoms with Crippen LogP contribution in [0.15, 0.2) is 70.4 Å². The lowest BCUT2D eigenvalue weighted by molar-refractivity contribution is 0.0696. The molecule has 2 aromatic carbocycles. The van der Waals surface area contributed by atoms with Gasteiger partial charge in [-0.3, -0.25) is 4.79 Å². The van der Waals surface area contributed by atoms with Crippen LogP contribution >= 0.6 is 0 Å². The maximum Gasteiger partial charge on any atom is 0.379 e. The van der Waals surface area contributed by atoms with Crippen molar-refractivity contribution in [1.29, 1.82) is 0 Å². The maximum atomic E-state index is 12.0. The van der Waals surface area contributed by atoms with E-state index in [1.165, 1.54) is 43.9 Å². The van der Waals surface area contributed by atoms with E-state index in [4.69, 9.17) is 13.9 Å². The van der Waals surface area contributed by atoms with Crippen molar-refractivity contribution in [3.05, 3.63) is 77.7 Å². The number of hydrazone groups is 1. The fourth-order valence-electron chi connectivity index (χ4n) is 2.28. The monoisotopic (exact) mass is 380 g/mol. The predicted molar refractivity (Wildman–Crippen MR) is 99.8 cm³/mol. The highest BCUT2D eigenvalue weighted by Crippen LogP contribution is 2.28. The van der Waals surface area contributed by atoms with E-state index in [1.54, 1.807) is 30.3 Å². The summed E-state index contributed by atoms with van der Waals surface area (Å²) < 4.78 is 15.5. The Hall–Kier alpha value is -4.07. The quantitative estimate of drug-likeness (QED) is 0.294. The molecule has 142 valence electrons. The highest BCUT2D eigenvalue weighted by atomic mass is 16.6. The number of ether oxygens (including phenoxy) is 2. The normalized spacial score (nSPS) is 10.6. The van der Waals surface area contributed by atoms with Gasteiger partial charge in [-0.15, -0.1) is 0 Å². The number of carbonyl (C=O) groups is 2. The molecule has 1 aromatic heterocycles. The second-order valence-corrected chi connectivity index (χ2v) is 5.49. The molecule has 1 heterocycles. The Kier molecular flexibility index (Phi) is 5.71. The molecule has 0 unspecified atom stereocenters. The van der Waals surface area contributed by atoms with E-state index >= 15 is 0 Å². The molecule has 0 aliphatic rings. The first-order chi connectivity index (χ1) is 13.6. The van der Waals surface area contributed by atoms with Gasteiger partial charge in [-0.2, -0.15) is 5.10 Å². The minimum absolute atomic E-state index is 0.0690. The van der Waals surface area contributed by atoms with Crippen LogP contribution in [0.25, 0.3) is 0 Å². The fourth-order valence-corrected chi connectivity index (χ4v) is 2.28. The molecule has 0 saturated heterocycles. The number of rotatable bonds is 6. The third kappa shape index (κ3) is 4.36. The highest BCUT2D eigenvalue weighted by molar-refractivity contribution is 5.97. The number of hydrogen-bond acceptors (Lipinski definition) is 7. The summed E-state index contributed by atoms with van der Waals surface area (Å²) in [4.78, 5) is 24.0. The number of para-hydroxylation sites is 1. The van der Waals surface area contributed by atoms with Crippen molar-refractivity contribution in [2.24, 2.45) is 5.10 Å². The van der Waals surface area contributed by atoms with E-state index in [1.807, 2.05) is 0 Å². The zero-order chi connectivity index (χ0) is 19.9. The summed E-state index contributed by atoms with van der Waals surface area (Å²) in [5.41, 5.74) is 3.02. The maximum absolute atomic E-state index is 12.0. The minimum atomic E-state index is -0.653. The van der Waals surface area contributed by atoms with Gasteiger partial charge >= 0.3 is 5.97 Å². The van der Waals surface area contributed by atoms with E-state index in [0.717, 1.165) is 0 Å². The molecule has 3 rings (SSSR count). The largest absolute Gasteiger partial charge is 0.507 e. The van der Waals surface area contributed by atoms with Crippen molar-refractivity contribution >= 4 is 18.1 Å². The predicted octanol–water partition coefficient (Wildman–Crippen LogP) is 2.98. The van der Waals surface area contributed by atoms with Gasteiger partial charge in [0, 0.05) is 0 Å². The fraction of sp³-hybridized carbons (Fsp3) is 0.0500. The van der Waals surface area contributed by atoms with Crippen LogP contribution in [0.5, 0.6) is 17.2 Å². The van der Waals surface area contributed by atoms with Crippen molar-refractivity contribution < 1.29 is 28.6 Å². The van der Waals surface area contributed by atoms with E-state index in [2.05, 4.69) is 10.5 Å². The van der Waals surface area contributed by atoms with Crippen molar-refractivity contribution in [2.45, 2.75) is 0 Å². The number of hydrogen-bond donors (Lipinski definition) is 2. The molecule has 0 bridgehead atoms. The number of phenolic OH excluding ortho intramolecular Hbond substituents is 1. The van der Waals surface area contributed by atoms with Crippen LogP contribution in [0.1, 0.15) is 26.5 Å². The molecule has 8 heteroatoms. The number of furan rings is 1. The van der Waals surface area contributed by atoms with Gasteiger partial charge in [0.1, 0.15) is 5.75 Å². The lowest BCUT2D eigenvalue weighted by Gasteiger charge is -2.09. The summed E-state index contributed by atoms with van der Waals surface area (Å²) in [5.74, 6) is -0.765. The summed E-state index contributed by atoms with van der Waals surface area (Å²) in [7, 11) is 1.43. The zero-order valence-electron chi connectivity index (χ0n) is 14.8. The molecule has 0 spiro atoms. The molecule has 2 N–H and O–H groups in total. The summed E-state index contributed by atoms with van der Waals surface area (Å²) >= 11 is 0. The summed E-state index contributed by atoms with van der Waals surface area (Å²) in [6.07, 6.45) is 2.76. The molecule has 8 nitrogen and oxygen atoms in total. The summed E-state index contributed by atoms with van der Waals surface area (Å²) in [6, 6.07) is 13.9. The minimum Gasteiger partial charge on any atom is -0.507 e. The standard InChI is InChI=1S/C20H16N2O6/c1-26-18-11-13(8-9-16(18)28-20(25)17-7-4-10-27-17)12-21-22-19(24)14-5-2-3-6-15(14)23/h2-12,23H,1H3,(H,22,24)/b21-12+. The Morgan fingerprint density at radius 2 is 1.93 bits per heavy atom. The number of methoxy groups -OCH3 is 1. The van der Waals surface area contributed by atoms with Crippen molar-refractivity contribution in [3.63, 3.8) is 0 Å². The molecule has 3 aromatic rings. The van der Waals surface area contributed by atoms with Crippen LogP contribution in [0, 0.1) is 0 Å². The third-order valence-electron chi connectivity index (χ3n) is 3.64. The van der Waals surface area contributed by atoms with Gasteiger partial charge < -0.3 is 19.0 Å². The molecule has 0 saturated carbocycles. The average Bonchev–Trinajstić information content (AvgIpc) is 3.24. The van der Waals surface area contributed by atoms with E-state index in [-0.39, 0.29) is 22.8 Å². The SMILES string of the molecule is COc1cc(/C=N/NC(=O)c2ccccc2O)ccc1OC(=O)c1ccco1. The van der Waals surface area contributed by atoms with E-state index in [9.17, 15) is 14.7 Å². The Morgan fingerprint density at radius 3 is 2.64 bits per heavy atom. The van der Waals surface area contributed by atoms with Gasteiger partial charge in [0.25, 0.3) is 5.91 Å². The Balaban J connectivity index is 1.68. The van der Waals surface area contributed by atoms with Crippen LogP contribution in [-0.2, 0) is 0 Å². The lowest BCUT2D eigenvalue weighted by Crippen LogP contribution is -2.17. The van der Waals surface area contributed by atoms with Gasteiger partial charge in [-0.05, 0) is 48.0 Å². The number of carbonyl (C=O) groups excluding carboxylic acids is 2. The number of phenols is 1. The van der Waals surface area contributed by atoms with Gasteiger partial charge in [0.05, 0.1) is 25.2 Å². The second kappa shape index (κ2) is 8.54. The number of nitrogens with zero attached hydrogens (tertiary/aromatic N) is 1. The first kappa shape index (κ1) is 18.7. The van der Waals surface area contributed by atoms with Gasteiger partial charge in [0.2, 0.25) is 5.76 Å². The van der Waals surface area contributed by atoms with Gasteiger partial charge in [-0.25, -0.2) is 10.2 Å². The number of amides is 1. The first-order valence-corrected chi connectivity index (χ1v) is 8.13. The molecular formula is C20H16N2O6. The molecule has 0 aliphatic carbocycles. The topological polar surface area (TPSA) is 110 Å². The Bertz CT molecular complexity index is 1010. The molecule has 0 aliphatic heterocycles. The molecule has 0 fully saturated rings. The third-order valence-corrected chi connectivity index (χ3v) is 3.64. The van der Waals surface area contributed by atoms with Gasteiger partial charge in [-0.1, -0.05) is 12.1 Å². The van der Waals surface area contributed by atoms with Crippen LogP contribution in [0.2, 0.25) is 0 Å². The summed E-state index contributed by atoms with van der Waals surface area (Å²) in [6.45, 7) is 0. The number of esters is 1. The molecule has 0 radical (unpaired) electrons. The van der Waals surface area contributed by atoms with Crippen LogP contribution < -0.4 is 14.9 Å². The van der Waals surface area contributed by atoms with E-state index in [0.29, 0.717) is 11.3 Å². The smallest absolute Gasteiger partial charge is 0.379 e. The number of benzene rings is 2. The van der Waals surface area contributed by atoms with Crippen LogP contribution in [-0.4, -0.2) is 30.3 Å². The highest BCUT2D eigenvalue weighted by Gasteiger charge is 2.15. The number of nitrogens with one attached hydrogen (secondary N) is 1. The Labute approximate surface area is 160 Å². The lowest BCUT2D eigenvalue weighted by atomic mass is 10.2. The molecular weight excluding hydrogens is 364 g/mol. The van der Waals surface area contributed by atoms with Gasteiger partial charge in [0.15, 0.2) is 11.5 Å². The van der Waals surface area contributed by atoms with Crippen molar-refractivity contribution in [1.82, 2.24) is 5.43 Å². The summed E-state index contributed by atoms with van der Waals surface area (Å²) in [5, 5.41) is 13.5.